The van der Waals surface area contributed by atoms with E-state index in [9.17, 15) is 9.18 Å². The minimum Gasteiger partial charge on any atom is -0.494 e. The van der Waals surface area contributed by atoms with E-state index in [0.717, 1.165) is 10.9 Å². The normalized spacial score (nSPS) is 14.3. The molecule has 0 saturated carbocycles. The average Bonchev–Trinajstić information content (AvgIpc) is 3.07. The van der Waals surface area contributed by atoms with Crippen molar-refractivity contribution in [3.63, 3.8) is 0 Å². The number of morpholine rings is 1. The predicted molar refractivity (Wildman–Crippen MR) is 105 cm³/mol. The van der Waals surface area contributed by atoms with Crippen LogP contribution >= 0.6 is 11.3 Å². The molecule has 146 valence electrons. The fourth-order valence-corrected chi connectivity index (χ4v) is 4.29. The van der Waals surface area contributed by atoms with Crippen LogP contribution in [0.1, 0.15) is 15.2 Å². The second-order valence-electron chi connectivity index (χ2n) is 6.33. The van der Waals surface area contributed by atoms with E-state index in [0.29, 0.717) is 53.3 Å². The summed E-state index contributed by atoms with van der Waals surface area (Å²) >= 11 is 1.35. The number of methoxy groups -OCH3 is 1. The highest BCUT2D eigenvalue weighted by molar-refractivity contribution is 7.20. The lowest BCUT2D eigenvalue weighted by molar-refractivity contribution is 0.0306. The summed E-state index contributed by atoms with van der Waals surface area (Å²) in [7, 11) is 1.48. The average molecular weight is 402 g/mol. The van der Waals surface area contributed by atoms with Crippen LogP contribution in [0.5, 0.6) is 5.75 Å². The van der Waals surface area contributed by atoms with Gasteiger partial charge in [-0.15, -0.1) is 11.3 Å². The van der Waals surface area contributed by atoms with Gasteiger partial charge < -0.3 is 19.7 Å². The Morgan fingerprint density at radius 1 is 1.32 bits per heavy atom. The molecule has 4 rings (SSSR count). The lowest BCUT2D eigenvalue weighted by atomic mass is 10.1. The van der Waals surface area contributed by atoms with Crippen LogP contribution in [-0.2, 0) is 4.74 Å². The van der Waals surface area contributed by atoms with Crippen molar-refractivity contribution in [2.24, 2.45) is 0 Å². The van der Waals surface area contributed by atoms with Gasteiger partial charge in [0.25, 0.3) is 5.91 Å². The van der Waals surface area contributed by atoms with Crippen LogP contribution in [0.4, 0.5) is 15.9 Å². The smallest absolute Gasteiger partial charge is 0.264 e. The third kappa shape index (κ3) is 3.38. The van der Waals surface area contributed by atoms with E-state index in [1.165, 1.54) is 36.9 Å². The van der Waals surface area contributed by atoms with Crippen molar-refractivity contribution in [3.8, 4) is 5.75 Å². The Labute approximate surface area is 165 Å². The number of aromatic nitrogens is 2. The molecule has 0 aliphatic carbocycles. The summed E-state index contributed by atoms with van der Waals surface area (Å²) < 4.78 is 24.1. The van der Waals surface area contributed by atoms with Gasteiger partial charge in [-0.25, -0.2) is 14.4 Å². The molecule has 3 aromatic rings. The second-order valence-corrected chi connectivity index (χ2v) is 7.33. The largest absolute Gasteiger partial charge is 0.494 e. The number of carbonyl (C=O) groups is 1. The molecule has 0 spiro atoms. The van der Waals surface area contributed by atoms with Crippen molar-refractivity contribution in [1.29, 1.82) is 0 Å². The Kier molecular flexibility index (Phi) is 5.10. The van der Waals surface area contributed by atoms with Gasteiger partial charge in [-0.05, 0) is 24.6 Å². The molecule has 1 saturated heterocycles. The lowest BCUT2D eigenvalue weighted by Gasteiger charge is -2.26. The third-order valence-corrected chi connectivity index (χ3v) is 5.82. The van der Waals surface area contributed by atoms with E-state index < -0.39 is 0 Å². The van der Waals surface area contributed by atoms with Crippen molar-refractivity contribution in [2.75, 3.05) is 38.7 Å². The molecule has 0 radical (unpaired) electrons. The number of nitrogens with zero attached hydrogens (tertiary/aromatic N) is 3. The molecule has 0 atom stereocenters. The van der Waals surface area contributed by atoms with Gasteiger partial charge in [-0.3, -0.25) is 4.79 Å². The molecule has 28 heavy (non-hydrogen) atoms. The number of rotatable bonds is 4. The second kappa shape index (κ2) is 7.69. The van der Waals surface area contributed by atoms with Gasteiger partial charge in [0.15, 0.2) is 0 Å². The first-order chi connectivity index (χ1) is 13.6. The molecule has 1 amide bonds. The molecule has 1 aliphatic rings. The van der Waals surface area contributed by atoms with Gasteiger partial charge in [0, 0.05) is 19.2 Å². The molecule has 1 aliphatic heterocycles. The first-order valence-electron chi connectivity index (χ1n) is 8.80. The van der Waals surface area contributed by atoms with E-state index in [-0.39, 0.29) is 11.7 Å². The summed E-state index contributed by atoms with van der Waals surface area (Å²) in [6.07, 6.45) is 1.44. The summed E-state index contributed by atoms with van der Waals surface area (Å²) in [6, 6.07) is 4.23. The van der Waals surface area contributed by atoms with E-state index in [1.807, 2.05) is 6.92 Å². The molecule has 2 aromatic heterocycles. The van der Waals surface area contributed by atoms with Gasteiger partial charge in [0.05, 0.1) is 36.3 Å². The summed E-state index contributed by atoms with van der Waals surface area (Å²) in [5, 5.41) is 3.96. The Balaban J connectivity index is 1.73. The van der Waals surface area contributed by atoms with E-state index >= 15 is 0 Å². The number of fused-ring (bicyclic) bond motifs is 1. The van der Waals surface area contributed by atoms with E-state index in [4.69, 9.17) is 9.47 Å². The zero-order valence-corrected chi connectivity index (χ0v) is 16.3. The minimum atomic E-state index is -0.389. The maximum atomic E-state index is 13.5. The van der Waals surface area contributed by atoms with Crippen LogP contribution in [0.2, 0.25) is 0 Å². The highest BCUT2D eigenvalue weighted by Crippen LogP contribution is 2.36. The summed E-state index contributed by atoms with van der Waals surface area (Å²) in [4.78, 5) is 24.8. The van der Waals surface area contributed by atoms with Crippen LogP contribution in [0.3, 0.4) is 0 Å². The van der Waals surface area contributed by atoms with Crippen LogP contribution in [-0.4, -0.2) is 54.2 Å². The zero-order chi connectivity index (χ0) is 19.7. The first kappa shape index (κ1) is 18.6. The van der Waals surface area contributed by atoms with Crippen LogP contribution in [0, 0.1) is 12.7 Å². The molecule has 1 fully saturated rings. The number of benzene rings is 1. The number of aryl methyl sites for hydroxylation is 1. The molecule has 1 N–H and O–H groups in total. The number of nitrogens with one attached hydrogen (secondary N) is 1. The molecule has 7 nitrogen and oxygen atoms in total. The molecule has 0 bridgehead atoms. The Hall–Kier alpha value is -2.78. The Morgan fingerprint density at radius 3 is 2.86 bits per heavy atom. The molecule has 9 heteroatoms. The van der Waals surface area contributed by atoms with Crippen molar-refractivity contribution in [1.82, 2.24) is 14.9 Å². The lowest BCUT2D eigenvalue weighted by Crippen LogP contribution is -2.40. The van der Waals surface area contributed by atoms with Gasteiger partial charge in [0.1, 0.15) is 28.5 Å². The van der Waals surface area contributed by atoms with Gasteiger partial charge >= 0.3 is 0 Å². The molecule has 1 aromatic carbocycles. The predicted octanol–water partition coefficient (Wildman–Crippen LogP) is 3.36. The summed E-state index contributed by atoms with van der Waals surface area (Å²) in [5.74, 6) is 0.503. The zero-order valence-electron chi connectivity index (χ0n) is 15.5. The van der Waals surface area contributed by atoms with Crippen molar-refractivity contribution in [2.45, 2.75) is 6.92 Å². The summed E-state index contributed by atoms with van der Waals surface area (Å²) in [6.45, 7) is 4.15. The van der Waals surface area contributed by atoms with E-state index in [1.54, 1.807) is 11.0 Å². The Morgan fingerprint density at radius 2 is 2.11 bits per heavy atom. The topological polar surface area (TPSA) is 76.6 Å². The highest BCUT2D eigenvalue weighted by Gasteiger charge is 2.25. The standard InChI is InChI=1S/C19H19FN4O3S/c1-11-15-17(23-13-4-3-12(20)9-14(13)26-2)21-10-22-18(15)28-16(11)19(25)24-5-7-27-8-6-24/h3-4,9-10H,5-8H2,1-2H3,(H,21,22,23). The number of thiophene rings is 1. The first-order valence-corrected chi connectivity index (χ1v) is 9.62. The van der Waals surface area contributed by atoms with Crippen molar-refractivity contribution < 1.29 is 18.7 Å². The van der Waals surface area contributed by atoms with Crippen LogP contribution in [0.25, 0.3) is 10.2 Å². The molecule has 0 unspecified atom stereocenters. The molecule has 3 heterocycles. The number of carbonyl (C=O) groups excluding carboxylic acids is 1. The molecular formula is C19H19FN4O3S. The maximum Gasteiger partial charge on any atom is 0.264 e. The summed E-state index contributed by atoms with van der Waals surface area (Å²) in [5.41, 5.74) is 1.40. The number of anilines is 2. The molecular weight excluding hydrogens is 383 g/mol. The fourth-order valence-electron chi connectivity index (χ4n) is 3.18. The number of hydrogen-bond acceptors (Lipinski definition) is 7. The number of hydrogen-bond donors (Lipinski definition) is 1. The minimum absolute atomic E-state index is 0.0193. The van der Waals surface area contributed by atoms with Crippen LogP contribution < -0.4 is 10.1 Å². The maximum absolute atomic E-state index is 13.5. The third-order valence-electron chi connectivity index (χ3n) is 4.64. The highest BCUT2D eigenvalue weighted by atomic mass is 32.1. The van der Waals surface area contributed by atoms with Crippen LogP contribution in [0.15, 0.2) is 24.5 Å². The van der Waals surface area contributed by atoms with Gasteiger partial charge in [-0.2, -0.15) is 0 Å². The Bertz CT molecular complexity index is 1030. The van der Waals surface area contributed by atoms with Gasteiger partial charge in [0.2, 0.25) is 0 Å². The van der Waals surface area contributed by atoms with Gasteiger partial charge in [-0.1, -0.05) is 0 Å². The van der Waals surface area contributed by atoms with Crippen molar-refractivity contribution in [3.05, 3.63) is 40.8 Å². The number of halogens is 1. The number of amides is 1. The fraction of sp³-hybridized carbons (Fsp3) is 0.316. The van der Waals surface area contributed by atoms with E-state index in [2.05, 4.69) is 15.3 Å². The quantitative estimate of drug-likeness (QED) is 0.721. The number of ether oxygens (including phenoxy) is 2. The van der Waals surface area contributed by atoms with Crippen molar-refractivity contribution >= 4 is 39.0 Å². The SMILES string of the molecule is COc1cc(F)ccc1Nc1ncnc2sc(C(=O)N3CCOCC3)c(C)c12. The monoisotopic (exact) mass is 402 g/mol.